The lowest BCUT2D eigenvalue weighted by molar-refractivity contribution is 0.0499. The van der Waals surface area contributed by atoms with Crippen molar-refractivity contribution in [1.29, 1.82) is 0 Å². The highest BCUT2D eigenvalue weighted by Crippen LogP contribution is 2.31. The minimum atomic E-state index is -2.86. The van der Waals surface area contributed by atoms with Crippen LogP contribution in [-0.2, 0) is 11.3 Å². The quantitative estimate of drug-likeness (QED) is 0.259. The third-order valence-electron chi connectivity index (χ3n) is 8.46. The summed E-state index contributed by atoms with van der Waals surface area (Å²) < 4.78 is 36.7. The molecule has 1 atom stereocenters. The van der Waals surface area contributed by atoms with E-state index in [1.54, 1.807) is 16.9 Å². The largest absolute Gasteiger partial charge is 0.444 e. The Morgan fingerprint density at radius 2 is 1.83 bits per heavy atom. The van der Waals surface area contributed by atoms with Gasteiger partial charge in [-0.15, -0.1) is 0 Å². The number of benzene rings is 1. The summed E-state index contributed by atoms with van der Waals surface area (Å²) in [5, 5.41) is 14.1. The molecular formula is C33H41F2N9O3. The van der Waals surface area contributed by atoms with Gasteiger partial charge in [0.15, 0.2) is 11.3 Å². The molecule has 2 aliphatic heterocycles. The number of hydrogen-bond acceptors (Lipinski definition) is 8. The first kappa shape index (κ1) is 32.4. The number of likely N-dealkylation sites (tertiary alicyclic amines) is 1. The molecule has 2 amide bonds. The van der Waals surface area contributed by atoms with Crippen LogP contribution in [0.4, 0.5) is 25.1 Å². The van der Waals surface area contributed by atoms with Gasteiger partial charge in [0.2, 0.25) is 0 Å². The SMILES string of the molecule is CC(C)(C)OC(=O)N[C@H]1CCCN(c2ccn3ncc(C(=O)Nc4cn(C5CCN(Cc6ccccc6)CC5)nc4C(F)F)c3n2)C1. The molecule has 0 spiro atoms. The van der Waals surface area contributed by atoms with E-state index in [0.29, 0.717) is 24.6 Å². The Morgan fingerprint density at radius 1 is 1.06 bits per heavy atom. The molecule has 1 aromatic carbocycles. The van der Waals surface area contributed by atoms with Gasteiger partial charge in [0.1, 0.15) is 17.0 Å². The second kappa shape index (κ2) is 13.6. The molecule has 0 saturated carbocycles. The summed E-state index contributed by atoms with van der Waals surface area (Å²) >= 11 is 0. The normalized spacial score (nSPS) is 18.1. The molecule has 0 radical (unpaired) electrons. The van der Waals surface area contributed by atoms with E-state index in [4.69, 9.17) is 9.72 Å². The van der Waals surface area contributed by atoms with E-state index in [9.17, 15) is 18.4 Å². The van der Waals surface area contributed by atoms with E-state index in [0.717, 1.165) is 45.3 Å². The van der Waals surface area contributed by atoms with Crippen molar-refractivity contribution in [3.8, 4) is 0 Å². The number of hydrogen-bond donors (Lipinski definition) is 2. The number of fused-ring (bicyclic) bond motifs is 1. The Balaban J connectivity index is 1.13. The van der Waals surface area contributed by atoms with Crippen LogP contribution >= 0.6 is 0 Å². The van der Waals surface area contributed by atoms with Crippen molar-refractivity contribution in [3.63, 3.8) is 0 Å². The number of carbonyl (C=O) groups excluding carboxylic acids is 2. The molecule has 2 aliphatic rings. The number of nitrogens with zero attached hydrogens (tertiary/aromatic N) is 7. The first-order valence-corrected chi connectivity index (χ1v) is 16.1. The lowest BCUT2D eigenvalue weighted by atomic mass is 10.0. The Hall–Kier alpha value is -4.59. The number of aromatic nitrogens is 5. The van der Waals surface area contributed by atoms with Gasteiger partial charge < -0.3 is 20.3 Å². The van der Waals surface area contributed by atoms with Crippen molar-refractivity contribution in [2.24, 2.45) is 0 Å². The average molecular weight is 650 g/mol. The molecule has 2 fully saturated rings. The first-order valence-electron chi connectivity index (χ1n) is 16.1. The molecule has 6 rings (SSSR count). The third-order valence-corrected chi connectivity index (χ3v) is 8.46. The van der Waals surface area contributed by atoms with Gasteiger partial charge >= 0.3 is 6.09 Å². The summed E-state index contributed by atoms with van der Waals surface area (Å²) in [4.78, 5) is 34.9. The Bertz CT molecular complexity index is 1690. The Kier molecular flexibility index (Phi) is 9.39. The van der Waals surface area contributed by atoms with Gasteiger partial charge in [0.25, 0.3) is 12.3 Å². The van der Waals surface area contributed by atoms with Crippen molar-refractivity contribution in [1.82, 2.24) is 34.6 Å². The van der Waals surface area contributed by atoms with Crippen LogP contribution in [0.1, 0.15) is 80.5 Å². The van der Waals surface area contributed by atoms with Gasteiger partial charge in [-0.05, 0) is 58.1 Å². The zero-order valence-corrected chi connectivity index (χ0v) is 26.9. The highest BCUT2D eigenvalue weighted by atomic mass is 19.3. The first-order chi connectivity index (χ1) is 22.5. The number of anilines is 2. The molecule has 0 bridgehead atoms. The third kappa shape index (κ3) is 7.87. The van der Waals surface area contributed by atoms with E-state index in [2.05, 4.69) is 37.9 Å². The molecule has 12 nitrogen and oxygen atoms in total. The zero-order chi connectivity index (χ0) is 33.1. The molecule has 2 saturated heterocycles. The molecule has 3 aromatic heterocycles. The lowest BCUT2D eigenvalue weighted by Crippen LogP contribution is -2.49. The maximum absolute atomic E-state index is 14.1. The van der Waals surface area contributed by atoms with Crippen LogP contribution in [0.15, 0.2) is 55.0 Å². The second-order valence-corrected chi connectivity index (χ2v) is 13.2. The molecule has 0 aliphatic carbocycles. The van der Waals surface area contributed by atoms with Crippen molar-refractivity contribution >= 4 is 29.2 Å². The number of carbonyl (C=O) groups is 2. The standard InChI is InChI=1S/C33H41F2N9O3/c1-33(2,3)47-32(46)37-23-10-7-14-42(20-23)27-13-17-43-30(39-27)25(18-36-43)31(45)38-26-21-44(40-28(26)29(34)35)24-11-15-41(16-12-24)19-22-8-5-4-6-9-22/h4-6,8-9,13,17-18,21,23-24,29H,7,10-12,14-16,19-20H2,1-3H3,(H,37,46)(H,38,45)/t23-/m0/s1. The summed E-state index contributed by atoms with van der Waals surface area (Å²) in [5.74, 6) is 0.00864. The number of amides is 2. The second-order valence-electron chi connectivity index (χ2n) is 13.2. The van der Waals surface area contributed by atoms with Crippen LogP contribution in [0.25, 0.3) is 5.65 Å². The fraction of sp³-hybridized carbons (Fsp3) is 0.485. The van der Waals surface area contributed by atoms with Gasteiger partial charge in [-0.2, -0.15) is 10.2 Å². The van der Waals surface area contributed by atoms with Crippen LogP contribution in [0.5, 0.6) is 0 Å². The lowest BCUT2D eigenvalue weighted by Gasteiger charge is -2.34. The number of ether oxygens (including phenoxy) is 1. The van der Waals surface area contributed by atoms with Crippen molar-refractivity contribution in [2.45, 2.75) is 77.1 Å². The minimum absolute atomic E-state index is 0.0284. The number of piperidine rings is 2. The highest BCUT2D eigenvalue weighted by molar-refractivity contribution is 6.08. The zero-order valence-electron chi connectivity index (χ0n) is 26.9. The van der Waals surface area contributed by atoms with Crippen LogP contribution in [0.3, 0.4) is 0 Å². The summed E-state index contributed by atoms with van der Waals surface area (Å²) in [6, 6.07) is 11.8. The van der Waals surface area contributed by atoms with Gasteiger partial charge in [0.05, 0.1) is 17.9 Å². The molecule has 47 heavy (non-hydrogen) atoms. The predicted molar refractivity (Wildman–Crippen MR) is 173 cm³/mol. The minimum Gasteiger partial charge on any atom is -0.444 e. The van der Waals surface area contributed by atoms with Crippen LogP contribution < -0.4 is 15.5 Å². The van der Waals surface area contributed by atoms with E-state index in [1.165, 1.54) is 22.5 Å². The number of alkyl carbamates (subject to hydrolysis) is 1. The van der Waals surface area contributed by atoms with E-state index in [1.807, 2.05) is 43.9 Å². The Morgan fingerprint density at radius 3 is 2.55 bits per heavy atom. The monoisotopic (exact) mass is 649 g/mol. The van der Waals surface area contributed by atoms with Crippen LogP contribution in [0, 0.1) is 0 Å². The number of halogens is 2. The molecule has 14 heteroatoms. The highest BCUT2D eigenvalue weighted by Gasteiger charge is 2.28. The number of rotatable bonds is 8. The van der Waals surface area contributed by atoms with Crippen molar-refractivity contribution in [3.05, 3.63) is 71.8 Å². The van der Waals surface area contributed by atoms with Gasteiger partial charge in [0, 0.05) is 51.2 Å². The summed E-state index contributed by atoms with van der Waals surface area (Å²) in [6.07, 6.45) is 4.39. The summed E-state index contributed by atoms with van der Waals surface area (Å²) in [7, 11) is 0. The van der Waals surface area contributed by atoms with Gasteiger partial charge in [-0.25, -0.2) is 23.1 Å². The fourth-order valence-corrected chi connectivity index (χ4v) is 6.20. The van der Waals surface area contributed by atoms with E-state index < -0.39 is 29.7 Å². The topological polar surface area (TPSA) is 122 Å². The van der Waals surface area contributed by atoms with Crippen LogP contribution in [-0.4, -0.2) is 79.1 Å². The Labute approximate surface area is 272 Å². The molecular weight excluding hydrogens is 608 g/mol. The number of alkyl halides is 2. The van der Waals surface area contributed by atoms with Gasteiger partial charge in [-0.1, -0.05) is 30.3 Å². The van der Waals surface area contributed by atoms with Crippen molar-refractivity contribution < 1.29 is 23.1 Å². The smallest absolute Gasteiger partial charge is 0.407 e. The maximum atomic E-state index is 14.1. The molecule has 5 heterocycles. The summed E-state index contributed by atoms with van der Waals surface area (Å²) in [5.41, 5.74) is 0.582. The summed E-state index contributed by atoms with van der Waals surface area (Å²) in [6.45, 7) is 9.15. The maximum Gasteiger partial charge on any atom is 0.407 e. The van der Waals surface area contributed by atoms with Crippen molar-refractivity contribution in [2.75, 3.05) is 36.4 Å². The van der Waals surface area contributed by atoms with E-state index >= 15 is 0 Å². The molecule has 0 unspecified atom stereocenters. The van der Waals surface area contributed by atoms with E-state index in [-0.39, 0.29) is 23.3 Å². The predicted octanol–water partition coefficient (Wildman–Crippen LogP) is 5.45. The molecule has 250 valence electrons. The van der Waals surface area contributed by atoms with Crippen LogP contribution in [0.2, 0.25) is 0 Å². The van der Waals surface area contributed by atoms with Gasteiger partial charge in [-0.3, -0.25) is 14.4 Å². The average Bonchev–Trinajstić information content (AvgIpc) is 3.65. The fourth-order valence-electron chi connectivity index (χ4n) is 6.20. The molecule has 4 aromatic rings. The molecule has 2 N–H and O–H groups in total. The number of nitrogens with one attached hydrogen (secondary N) is 2.